The Hall–Kier alpha value is -1.06. The fraction of sp³-hybridized carbons (Fsp3) is 0.417. The van der Waals surface area contributed by atoms with Crippen LogP contribution in [0.25, 0.3) is 0 Å². The molecular weight excluding hydrogens is 226 g/mol. The number of rotatable bonds is 2. The lowest BCUT2D eigenvalue weighted by atomic mass is 10.1. The van der Waals surface area contributed by atoms with Crippen molar-refractivity contribution in [2.24, 2.45) is 4.99 Å². The zero-order valence-corrected chi connectivity index (χ0v) is 9.54. The Morgan fingerprint density at radius 1 is 1.44 bits per heavy atom. The fourth-order valence-corrected chi connectivity index (χ4v) is 2.20. The molecule has 0 unspecified atom stereocenters. The fourth-order valence-electron chi connectivity index (χ4n) is 1.99. The monoisotopic (exact) mass is 237 g/mol. The van der Waals surface area contributed by atoms with Crippen LogP contribution in [0.5, 0.6) is 5.75 Å². The van der Waals surface area contributed by atoms with Gasteiger partial charge in [0, 0.05) is 12.6 Å². The Morgan fingerprint density at radius 2 is 2.38 bits per heavy atom. The molecule has 0 radical (unpaired) electrons. The van der Waals surface area contributed by atoms with Crippen LogP contribution >= 0.6 is 11.6 Å². The third-order valence-electron chi connectivity index (χ3n) is 2.87. The zero-order chi connectivity index (χ0) is 11.0. The molecule has 2 heterocycles. The van der Waals surface area contributed by atoms with E-state index in [1.54, 1.807) is 0 Å². The molecule has 0 amide bonds. The molecule has 1 aromatic carbocycles. The largest absolute Gasteiger partial charge is 0.486 e. The molecule has 0 aliphatic carbocycles. The standard InChI is InChI=1S/C12H12ClNO2/c13-11-3-8-5-14-6-9(8)4-12(11)16-10-1-2-15-7-10/h3-5,10H,1-2,6-7H2/t10-/m1/s1. The average Bonchev–Trinajstić information content (AvgIpc) is 2.89. The molecule has 0 spiro atoms. The van der Waals surface area contributed by atoms with Crippen molar-refractivity contribution < 1.29 is 9.47 Å². The minimum atomic E-state index is 0.137. The molecule has 0 N–H and O–H groups in total. The maximum absolute atomic E-state index is 6.16. The smallest absolute Gasteiger partial charge is 0.138 e. The van der Waals surface area contributed by atoms with Crippen LogP contribution in [0.15, 0.2) is 17.1 Å². The van der Waals surface area contributed by atoms with E-state index < -0.39 is 0 Å². The van der Waals surface area contributed by atoms with Crippen molar-refractivity contribution in [3.8, 4) is 5.75 Å². The summed E-state index contributed by atoms with van der Waals surface area (Å²) in [7, 11) is 0. The first-order valence-corrected chi connectivity index (χ1v) is 5.77. The highest BCUT2D eigenvalue weighted by Gasteiger charge is 2.19. The van der Waals surface area contributed by atoms with Crippen LogP contribution in [0, 0.1) is 0 Å². The van der Waals surface area contributed by atoms with Gasteiger partial charge in [0.25, 0.3) is 0 Å². The van der Waals surface area contributed by atoms with E-state index in [1.165, 1.54) is 5.56 Å². The van der Waals surface area contributed by atoms with Gasteiger partial charge in [-0.2, -0.15) is 0 Å². The molecule has 1 fully saturated rings. The summed E-state index contributed by atoms with van der Waals surface area (Å²) >= 11 is 6.16. The zero-order valence-electron chi connectivity index (χ0n) is 8.78. The number of ether oxygens (including phenoxy) is 2. The second kappa shape index (κ2) is 4.07. The quantitative estimate of drug-likeness (QED) is 0.791. The second-order valence-electron chi connectivity index (χ2n) is 4.05. The number of halogens is 1. The summed E-state index contributed by atoms with van der Waals surface area (Å²) in [4.78, 5) is 4.20. The summed E-state index contributed by atoms with van der Waals surface area (Å²) < 4.78 is 11.1. The van der Waals surface area contributed by atoms with Gasteiger partial charge in [0.1, 0.15) is 11.9 Å². The first-order valence-electron chi connectivity index (χ1n) is 5.39. The van der Waals surface area contributed by atoms with Crippen LogP contribution in [-0.4, -0.2) is 25.5 Å². The maximum Gasteiger partial charge on any atom is 0.138 e. The molecule has 2 aliphatic heterocycles. The van der Waals surface area contributed by atoms with Crippen molar-refractivity contribution in [2.75, 3.05) is 13.2 Å². The van der Waals surface area contributed by atoms with Crippen LogP contribution in [0.3, 0.4) is 0 Å². The Morgan fingerprint density at radius 3 is 3.19 bits per heavy atom. The molecule has 2 aliphatic rings. The number of hydrogen-bond acceptors (Lipinski definition) is 3. The highest BCUT2D eigenvalue weighted by molar-refractivity contribution is 6.32. The van der Waals surface area contributed by atoms with Gasteiger partial charge in [0.15, 0.2) is 0 Å². The molecule has 1 aromatic rings. The third kappa shape index (κ3) is 1.81. The van der Waals surface area contributed by atoms with Crippen LogP contribution < -0.4 is 4.74 Å². The molecule has 0 aromatic heterocycles. The van der Waals surface area contributed by atoms with E-state index in [0.717, 1.165) is 30.9 Å². The minimum Gasteiger partial charge on any atom is -0.486 e. The predicted molar refractivity (Wildman–Crippen MR) is 62.6 cm³/mol. The van der Waals surface area contributed by atoms with Crippen LogP contribution in [0.2, 0.25) is 5.02 Å². The van der Waals surface area contributed by atoms with Gasteiger partial charge in [-0.15, -0.1) is 0 Å². The second-order valence-corrected chi connectivity index (χ2v) is 4.46. The van der Waals surface area contributed by atoms with Gasteiger partial charge >= 0.3 is 0 Å². The van der Waals surface area contributed by atoms with Gasteiger partial charge in [0.05, 0.1) is 24.8 Å². The number of fused-ring (bicyclic) bond motifs is 1. The van der Waals surface area contributed by atoms with E-state index in [2.05, 4.69) is 4.99 Å². The summed E-state index contributed by atoms with van der Waals surface area (Å²) in [6.45, 7) is 2.16. The Bertz CT molecular complexity index is 439. The molecule has 4 heteroatoms. The highest BCUT2D eigenvalue weighted by Crippen LogP contribution is 2.31. The lowest BCUT2D eigenvalue weighted by Gasteiger charge is -2.14. The number of aliphatic imine (C=N–C) groups is 1. The van der Waals surface area contributed by atoms with E-state index in [9.17, 15) is 0 Å². The molecule has 3 nitrogen and oxygen atoms in total. The van der Waals surface area contributed by atoms with Crippen LogP contribution in [0.1, 0.15) is 17.5 Å². The summed E-state index contributed by atoms with van der Waals surface area (Å²) in [5.74, 6) is 0.751. The van der Waals surface area contributed by atoms with Crippen molar-refractivity contribution in [1.82, 2.24) is 0 Å². The van der Waals surface area contributed by atoms with Gasteiger partial charge in [-0.1, -0.05) is 11.6 Å². The number of hydrogen-bond donors (Lipinski definition) is 0. The SMILES string of the molecule is Clc1cc2c(cc1O[C@@H]1CCOC1)CN=C2. The third-order valence-corrected chi connectivity index (χ3v) is 3.16. The topological polar surface area (TPSA) is 30.8 Å². The van der Waals surface area contributed by atoms with Crippen molar-refractivity contribution in [1.29, 1.82) is 0 Å². The summed E-state index contributed by atoms with van der Waals surface area (Å²) in [5.41, 5.74) is 2.28. The molecule has 0 saturated carbocycles. The summed E-state index contributed by atoms with van der Waals surface area (Å²) in [6, 6.07) is 3.90. The number of nitrogens with zero attached hydrogens (tertiary/aromatic N) is 1. The van der Waals surface area contributed by atoms with E-state index in [-0.39, 0.29) is 6.10 Å². The predicted octanol–water partition coefficient (Wildman–Crippen LogP) is 2.44. The van der Waals surface area contributed by atoms with E-state index in [1.807, 2.05) is 18.3 Å². The van der Waals surface area contributed by atoms with E-state index in [4.69, 9.17) is 21.1 Å². The van der Waals surface area contributed by atoms with Crippen molar-refractivity contribution in [2.45, 2.75) is 19.1 Å². The van der Waals surface area contributed by atoms with Crippen LogP contribution in [0.4, 0.5) is 0 Å². The molecule has 1 saturated heterocycles. The minimum absolute atomic E-state index is 0.137. The van der Waals surface area contributed by atoms with E-state index >= 15 is 0 Å². The Kier molecular flexibility index (Phi) is 2.58. The van der Waals surface area contributed by atoms with E-state index in [0.29, 0.717) is 11.6 Å². The van der Waals surface area contributed by atoms with Gasteiger partial charge < -0.3 is 9.47 Å². The maximum atomic E-state index is 6.16. The molecular formula is C12H12ClNO2. The van der Waals surface area contributed by atoms with Crippen molar-refractivity contribution in [3.63, 3.8) is 0 Å². The Balaban J connectivity index is 1.84. The normalized spacial score (nSPS) is 22.4. The van der Waals surface area contributed by atoms with Crippen molar-refractivity contribution in [3.05, 3.63) is 28.3 Å². The average molecular weight is 238 g/mol. The van der Waals surface area contributed by atoms with Gasteiger partial charge in [0.2, 0.25) is 0 Å². The van der Waals surface area contributed by atoms with Crippen LogP contribution in [-0.2, 0) is 11.3 Å². The highest BCUT2D eigenvalue weighted by atomic mass is 35.5. The molecule has 3 rings (SSSR count). The van der Waals surface area contributed by atoms with Crippen molar-refractivity contribution >= 4 is 17.8 Å². The van der Waals surface area contributed by atoms with Gasteiger partial charge in [-0.25, -0.2) is 0 Å². The summed E-state index contributed by atoms with van der Waals surface area (Å²) in [6.07, 6.45) is 2.92. The first-order chi connectivity index (χ1) is 7.83. The molecule has 16 heavy (non-hydrogen) atoms. The Labute approximate surface area is 99.0 Å². The molecule has 0 bridgehead atoms. The molecule has 84 valence electrons. The summed E-state index contributed by atoms with van der Waals surface area (Å²) in [5, 5.41) is 0.652. The first kappa shape index (κ1) is 10.1. The molecule has 1 atom stereocenters. The van der Waals surface area contributed by atoms with Gasteiger partial charge in [-0.05, 0) is 23.3 Å². The lowest BCUT2D eigenvalue weighted by Crippen LogP contribution is -2.16. The number of benzene rings is 1. The lowest BCUT2D eigenvalue weighted by molar-refractivity contribution is 0.141. The van der Waals surface area contributed by atoms with Gasteiger partial charge in [-0.3, -0.25) is 4.99 Å².